The minimum absolute atomic E-state index is 0.242. The van der Waals surface area contributed by atoms with E-state index >= 15 is 0 Å². The molecule has 0 saturated carbocycles. The van der Waals surface area contributed by atoms with E-state index in [1.165, 1.54) is 14.2 Å². The zero-order valence-electron chi connectivity index (χ0n) is 11.3. The first-order valence-electron chi connectivity index (χ1n) is 5.53. The average Bonchev–Trinajstić information content (AvgIpc) is 2.25. The molecule has 0 radical (unpaired) electrons. The van der Waals surface area contributed by atoms with E-state index < -0.39 is 0 Å². The lowest BCUT2D eigenvalue weighted by atomic mass is 10.1. The highest BCUT2D eigenvalue weighted by Gasteiger charge is 2.21. The topological polar surface area (TPSA) is 47.6 Å². The molecule has 0 aromatic heterocycles. The van der Waals surface area contributed by atoms with Crippen LogP contribution in [0.5, 0.6) is 11.5 Å². The van der Waals surface area contributed by atoms with Gasteiger partial charge in [0.05, 0.1) is 24.8 Å². The second-order valence-electron chi connectivity index (χ2n) is 4.87. The highest BCUT2D eigenvalue weighted by Crippen LogP contribution is 2.37. The molecule has 0 bridgehead atoms. The number of hydrogen-bond acceptors (Lipinski definition) is 3. The molecule has 0 unspecified atom stereocenters. The molecule has 0 saturated heterocycles. The molecular weight excluding hydrogens is 254 g/mol. The van der Waals surface area contributed by atoms with Crippen molar-refractivity contribution in [3.05, 3.63) is 22.7 Å². The Balaban J connectivity index is 3.15. The number of benzene rings is 1. The molecule has 1 aromatic carbocycles. The van der Waals surface area contributed by atoms with Crippen molar-refractivity contribution in [1.82, 2.24) is 5.32 Å². The molecule has 1 rings (SSSR count). The van der Waals surface area contributed by atoms with Gasteiger partial charge in [-0.2, -0.15) is 0 Å². The lowest BCUT2D eigenvalue weighted by molar-refractivity contribution is 0.0919. The SMILES string of the molecule is COc1ccc(C(=O)NC(C)(C)C)c(Cl)c1OC. The standard InChI is InChI=1S/C13H18ClNO3/c1-13(2,3)15-12(16)8-6-7-9(17-4)11(18-5)10(8)14/h6-7H,1-5H3,(H,15,16). The van der Waals surface area contributed by atoms with Gasteiger partial charge in [-0.25, -0.2) is 0 Å². The largest absolute Gasteiger partial charge is 0.493 e. The van der Waals surface area contributed by atoms with Crippen molar-refractivity contribution in [3.63, 3.8) is 0 Å². The van der Waals surface area contributed by atoms with Gasteiger partial charge in [0.25, 0.3) is 5.91 Å². The van der Waals surface area contributed by atoms with Crippen LogP contribution in [0.4, 0.5) is 0 Å². The van der Waals surface area contributed by atoms with E-state index in [9.17, 15) is 4.79 Å². The number of amides is 1. The number of hydrogen-bond donors (Lipinski definition) is 1. The Labute approximate surface area is 112 Å². The normalized spacial score (nSPS) is 11.0. The molecule has 18 heavy (non-hydrogen) atoms. The van der Waals surface area contributed by atoms with Gasteiger partial charge in [0.2, 0.25) is 0 Å². The third-order valence-corrected chi connectivity index (χ3v) is 2.59. The second kappa shape index (κ2) is 5.48. The van der Waals surface area contributed by atoms with E-state index in [-0.39, 0.29) is 16.5 Å². The van der Waals surface area contributed by atoms with Crippen molar-refractivity contribution < 1.29 is 14.3 Å². The maximum Gasteiger partial charge on any atom is 0.253 e. The van der Waals surface area contributed by atoms with Crippen LogP contribution in [0.15, 0.2) is 12.1 Å². The van der Waals surface area contributed by atoms with Crippen LogP contribution in [-0.2, 0) is 0 Å². The number of nitrogens with one attached hydrogen (secondary N) is 1. The molecule has 0 heterocycles. The summed E-state index contributed by atoms with van der Waals surface area (Å²) >= 11 is 6.15. The zero-order chi connectivity index (χ0) is 13.9. The van der Waals surface area contributed by atoms with E-state index in [4.69, 9.17) is 21.1 Å². The van der Waals surface area contributed by atoms with Gasteiger partial charge in [-0.15, -0.1) is 0 Å². The summed E-state index contributed by atoms with van der Waals surface area (Å²) in [7, 11) is 3.00. The van der Waals surface area contributed by atoms with Crippen molar-refractivity contribution in [2.45, 2.75) is 26.3 Å². The van der Waals surface area contributed by atoms with Crippen LogP contribution < -0.4 is 14.8 Å². The Morgan fingerprint density at radius 1 is 1.22 bits per heavy atom. The summed E-state index contributed by atoms with van der Waals surface area (Å²) < 4.78 is 10.3. The van der Waals surface area contributed by atoms with Crippen molar-refractivity contribution >= 4 is 17.5 Å². The molecule has 0 atom stereocenters. The molecule has 4 nitrogen and oxygen atoms in total. The minimum Gasteiger partial charge on any atom is -0.493 e. The fourth-order valence-corrected chi connectivity index (χ4v) is 1.79. The van der Waals surface area contributed by atoms with E-state index in [2.05, 4.69) is 5.32 Å². The Kier molecular flexibility index (Phi) is 4.46. The summed E-state index contributed by atoms with van der Waals surface area (Å²) in [4.78, 5) is 12.1. The fourth-order valence-electron chi connectivity index (χ4n) is 1.47. The molecular formula is C13H18ClNO3. The number of methoxy groups -OCH3 is 2. The Hall–Kier alpha value is -1.42. The molecule has 0 aliphatic carbocycles. The molecule has 0 fully saturated rings. The number of rotatable bonds is 3. The van der Waals surface area contributed by atoms with Gasteiger partial charge in [-0.05, 0) is 32.9 Å². The summed E-state index contributed by atoms with van der Waals surface area (Å²) in [6, 6.07) is 3.27. The van der Waals surface area contributed by atoms with Crippen LogP contribution in [0.2, 0.25) is 5.02 Å². The second-order valence-corrected chi connectivity index (χ2v) is 5.24. The smallest absolute Gasteiger partial charge is 0.253 e. The molecule has 100 valence electrons. The third kappa shape index (κ3) is 3.29. The molecule has 1 N–H and O–H groups in total. The van der Waals surface area contributed by atoms with Crippen LogP contribution in [0, 0.1) is 0 Å². The highest BCUT2D eigenvalue weighted by molar-refractivity contribution is 6.35. The van der Waals surface area contributed by atoms with E-state index in [0.29, 0.717) is 17.1 Å². The van der Waals surface area contributed by atoms with Crippen molar-refractivity contribution in [2.24, 2.45) is 0 Å². The zero-order valence-corrected chi connectivity index (χ0v) is 12.0. The molecule has 1 amide bonds. The van der Waals surface area contributed by atoms with Crippen LogP contribution in [0.3, 0.4) is 0 Å². The van der Waals surface area contributed by atoms with E-state index in [1.54, 1.807) is 12.1 Å². The molecule has 1 aromatic rings. The van der Waals surface area contributed by atoms with Gasteiger partial charge in [0, 0.05) is 5.54 Å². The van der Waals surface area contributed by atoms with E-state index in [1.807, 2.05) is 20.8 Å². The van der Waals surface area contributed by atoms with Gasteiger partial charge in [-0.3, -0.25) is 4.79 Å². The van der Waals surface area contributed by atoms with Gasteiger partial charge >= 0.3 is 0 Å². The summed E-state index contributed by atoms with van der Waals surface area (Å²) in [5.74, 6) is 0.615. The van der Waals surface area contributed by atoms with Gasteiger partial charge in [0.15, 0.2) is 11.5 Å². The molecule has 5 heteroatoms. The molecule has 0 aliphatic rings. The van der Waals surface area contributed by atoms with Crippen LogP contribution in [-0.4, -0.2) is 25.7 Å². The summed E-state index contributed by atoms with van der Waals surface area (Å²) in [6.45, 7) is 5.71. The fraction of sp³-hybridized carbons (Fsp3) is 0.462. The van der Waals surface area contributed by atoms with Crippen molar-refractivity contribution in [3.8, 4) is 11.5 Å². The maximum absolute atomic E-state index is 12.1. The predicted octanol–water partition coefficient (Wildman–Crippen LogP) is 2.89. The Bertz CT molecular complexity index is 452. The average molecular weight is 272 g/mol. The number of ether oxygens (including phenoxy) is 2. The third-order valence-electron chi connectivity index (χ3n) is 2.22. The monoisotopic (exact) mass is 271 g/mol. The van der Waals surface area contributed by atoms with Crippen LogP contribution >= 0.6 is 11.6 Å². The van der Waals surface area contributed by atoms with Gasteiger partial charge < -0.3 is 14.8 Å². The first-order chi connectivity index (χ1) is 8.30. The molecule has 0 aliphatic heterocycles. The van der Waals surface area contributed by atoms with Gasteiger partial charge in [0.1, 0.15) is 0 Å². The number of carbonyl (C=O) groups is 1. The first-order valence-corrected chi connectivity index (χ1v) is 5.91. The first kappa shape index (κ1) is 14.6. The molecule has 0 spiro atoms. The maximum atomic E-state index is 12.1. The highest BCUT2D eigenvalue weighted by atomic mass is 35.5. The van der Waals surface area contributed by atoms with Crippen molar-refractivity contribution in [1.29, 1.82) is 0 Å². The van der Waals surface area contributed by atoms with Gasteiger partial charge in [-0.1, -0.05) is 11.6 Å². The Morgan fingerprint density at radius 3 is 2.28 bits per heavy atom. The Morgan fingerprint density at radius 2 is 1.83 bits per heavy atom. The van der Waals surface area contributed by atoms with Crippen LogP contribution in [0.25, 0.3) is 0 Å². The summed E-state index contributed by atoms with van der Waals surface area (Å²) in [5, 5.41) is 3.09. The summed E-state index contributed by atoms with van der Waals surface area (Å²) in [5.41, 5.74) is 0.0392. The lowest BCUT2D eigenvalue weighted by Crippen LogP contribution is -2.40. The van der Waals surface area contributed by atoms with E-state index in [0.717, 1.165) is 0 Å². The van der Waals surface area contributed by atoms with Crippen LogP contribution in [0.1, 0.15) is 31.1 Å². The predicted molar refractivity (Wildman–Crippen MR) is 71.8 cm³/mol. The number of halogens is 1. The van der Waals surface area contributed by atoms with Crippen molar-refractivity contribution in [2.75, 3.05) is 14.2 Å². The quantitative estimate of drug-likeness (QED) is 0.920. The minimum atomic E-state index is -0.326. The summed E-state index contributed by atoms with van der Waals surface area (Å²) in [6.07, 6.45) is 0. The number of carbonyl (C=O) groups excluding carboxylic acids is 1. The lowest BCUT2D eigenvalue weighted by Gasteiger charge is -2.21.